The van der Waals surface area contributed by atoms with E-state index in [-0.39, 0.29) is 12.5 Å². The number of amides is 3. The number of terminal acetylenes is 1. The number of nitrogens with one attached hydrogen (secondary N) is 2. The second-order valence-electron chi connectivity index (χ2n) is 9.65. The molecule has 2 aromatic rings. The summed E-state index contributed by atoms with van der Waals surface area (Å²) in [5.41, 5.74) is 1.48. The van der Waals surface area contributed by atoms with Gasteiger partial charge in [0.05, 0.1) is 0 Å². The smallest absolute Gasteiger partial charge is 0.408 e. The quantitative estimate of drug-likeness (QED) is 0.442. The molecule has 0 radical (unpaired) electrons. The fraction of sp³-hybridized carbons (Fsp3) is 0.393. The molecule has 0 saturated heterocycles. The molecule has 0 aliphatic rings. The maximum Gasteiger partial charge on any atom is 0.408 e. The highest BCUT2D eigenvalue weighted by Gasteiger charge is 2.36. The Morgan fingerprint density at radius 1 is 1.00 bits per heavy atom. The molecule has 2 rings (SSSR count). The molecule has 2 atom stereocenters. The van der Waals surface area contributed by atoms with Gasteiger partial charge in [-0.3, -0.25) is 14.5 Å². The third-order valence-corrected chi connectivity index (χ3v) is 5.07. The molecule has 7 nitrogen and oxygen atoms in total. The van der Waals surface area contributed by atoms with Gasteiger partial charge in [-0.15, -0.1) is 0 Å². The highest BCUT2D eigenvalue weighted by Crippen LogP contribution is 2.25. The number of ether oxygens (including phenoxy) is 1. The SMILES string of the molecule is C#CN(C(=O)C(Cc1ccccc1)NC(=O)OC(C)(C)C)C(C(=O)NC(C)C)c1ccccc1C. The fourth-order valence-electron chi connectivity index (χ4n) is 3.59. The Labute approximate surface area is 208 Å². The Morgan fingerprint density at radius 3 is 2.14 bits per heavy atom. The van der Waals surface area contributed by atoms with Crippen LogP contribution in [0.5, 0.6) is 0 Å². The van der Waals surface area contributed by atoms with Gasteiger partial charge >= 0.3 is 6.09 Å². The van der Waals surface area contributed by atoms with Gasteiger partial charge in [0, 0.05) is 18.5 Å². The number of carbonyl (C=O) groups is 3. The third-order valence-electron chi connectivity index (χ3n) is 5.07. The third kappa shape index (κ3) is 8.18. The van der Waals surface area contributed by atoms with Gasteiger partial charge in [0.15, 0.2) is 0 Å². The van der Waals surface area contributed by atoms with Crippen molar-refractivity contribution < 1.29 is 19.1 Å². The van der Waals surface area contributed by atoms with Gasteiger partial charge in [-0.2, -0.15) is 0 Å². The summed E-state index contributed by atoms with van der Waals surface area (Å²) in [6, 6.07) is 16.6. The van der Waals surface area contributed by atoms with Crippen molar-refractivity contribution in [2.24, 2.45) is 0 Å². The van der Waals surface area contributed by atoms with E-state index in [1.807, 2.05) is 63.2 Å². The van der Waals surface area contributed by atoms with E-state index < -0.39 is 35.6 Å². The van der Waals surface area contributed by atoms with Crippen LogP contribution in [0.2, 0.25) is 0 Å². The van der Waals surface area contributed by atoms with Gasteiger partial charge in [-0.05, 0) is 58.2 Å². The van der Waals surface area contributed by atoms with Gasteiger partial charge in [0.1, 0.15) is 17.7 Å². The van der Waals surface area contributed by atoms with Crippen molar-refractivity contribution in [1.29, 1.82) is 0 Å². The first-order chi connectivity index (χ1) is 16.4. The first-order valence-electron chi connectivity index (χ1n) is 11.6. The second-order valence-corrected chi connectivity index (χ2v) is 9.65. The first kappa shape index (κ1) is 27.5. The molecular formula is C28H35N3O4. The molecule has 0 aliphatic heterocycles. The summed E-state index contributed by atoms with van der Waals surface area (Å²) in [5, 5.41) is 5.52. The van der Waals surface area contributed by atoms with Gasteiger partial charge in [0.25, 0.3) is 5.91 Å². The van der Waals surface area contributed by atoms with E-state index in [0.717, 1.165) is 16.0 Å². The molecule has 0 aromatic heterocycles. The molecule has 186 valence electrons. The molecule has 2 unspecified atom stereocenters. The number of aryl methyl sites for hydroxylation is 1. The standard InChI is InChI=1S/C28H35N3O4/c1-8-31(24(25(32)29-19(2)3)22-17-13-12-14-20(22)4)26(33)23(18-21-15-10-9-11-16-21)30-27(34)35-28(5,6)7/h1,9-17,19,23-24H,18H2,2-7H3,(H,29,32)(H,30,34). The first-order valence-corrected chi connectivity index (χ1v) is 11.6. The van der Waals surface area contributed by atoms with E-state index in [4.69, 9.17) is 11.2 Å². The normalized spacial score (nSPS) is 12.7. The maximum absolute atomic E-state index is 13.8. The zero-order valence-electron chi connectivity index (χ0n) is 21.3. The van der Waals surface area contributed by atoms with Crippen molar-refractivity contribution in [3.05, 3.63) is 71.3 Å². The zero-order valence-corrected chi connectivity index (χ0v) is 21.3. The average Bonchev–Trinajstić information content (AvgIpc) is 2.76. The molecule has 0 fully saturated rings. The topological polar surface area (TPSA) is 87.7 Å². The zero-order chi connectivity index (χ0) is 26.2. The summed E-state index contributed by atoms with van der Waals surface area (Å²) >= 11 is 0. The minimum Gasteiger partial charge on any atom is -0.444 e. The number of benzene rings is 2. The lowest BCUT2D eigenvalue weighted by Gasteiger charge is -2.31. The van der Waals surface area contributed by atoms with Crippen molar-refractivity contribution in [3.63, 3.8) is 0 Å². The van der Waals surface area contributed by atoms with Crippen LogP contribution < -0.4 is 10.6 Å². The van der Waals surface area contributed by atoms with Crippen LogP contribution in [0.25, 0.3) is 0 Å². The van der Waals surface area contributed by atoms with Crippen molar-refractivity contribution >= 4 is 17.9 Å². The van der Waals surface area contributed by atoms with Gasteiger partial charge in [-0.25, -0.2) is 4.79 Å². The molecule has 35 heavy (non-hydrogen) atoms. The summed E-state index contributed by atoms with van der Waals surface area (Å²) in [6.07, 6.45) is 5.25. The largest absolute Gasteiger partial charge is 0.444 e. The molecule has 0 heterocycles. The number of hydrogen-bond donors (Lipinski definition) is 2. The fourth-order valence-corrected chi connectivity index (χ4v) is 3.59. The van der Waals surface area contributed by atoms with Crippen LogP contribution in [-0.2, 0) is 20.7 Å². The summed E-state index contributed by atoms with van der Waals surface area (Å²) in [6.45, 7) is 10.7. The molecule has 0 saturated carbocycles. The molecule has 2 aromatic carbocycles. The lowest BCUT2D eigenvalue weighted by Crippen LogP contribution is -2.52. The molecule has 0 aliphatic carbocycles. The van der Waals surface area contributed by atoms with Crippen LogP contribution in [0.1, 0.15) is 57.4 Å². The van der Waals surface area contributed by atoms with Crippen LogP contribution in [0.4, 0.5) is 4.79 Å². The van der Waals surface area contributed by atoms with Crippen LogP contribution in [0.15, 0.2) is 54.6 Å². The number of nitrogens with zero attached hydrogens (tertiary/aromatic N) is 1. The van der Waals surface area contributed by atoms with Crippen LogP contribution >= 0.6 is 0 Å². The minimum absolute atomic E-state index is 0.163. The minimum atomic E-state index is -1.07. The lowest BCUT2D eigenvalue weighted by molar-refractivity contribution is -0.138. The number of rotatable bonds is 8. The van der Waals surface area contributed by atoms with Gasteiger partial charge in [0.2, 0.25) is 5.91 Å². The van der Waals surface area contributed by atoms with E-state index >= 15 is 0 Å². The van der Waals surface area contributed by atoms with E-state index in [1.165, 1.54) is 0 Å². The van der Waals surface area contributed by atoms with Crippen molar-refractivity contribution in [2.45, 2.75) is 71.7 Å². The second kappa shape index (κ2) is 12.1. The molecule has 7 heteroatoms. The number of alkyl carbamates (subject to hydrolysis) is 1. The average molecular weight is 478 g/mol. The predicted octanol–water partition coefficient (Wildman–Crippen LogP) is 4.12. The van der Waals surface area contributed by atoms with E-state index in [9.17, 15) is 14.4 Å². The van der Waals surface area contributed by atoms with Crippen molar-refractivity contribution in [3.8, 4) is 12.5 Å². The van der Waals surface area contributed by atoms with Crippen molar-refractivity contribution in [2.75, 3.05) is 0 Å². The van der Waals surface area contributed by atoms with E-state index in [2.05, 4.69) is 16.7 Å². The summed E-state index contributed by atoms with van der Waals surface area (Å²) < 4.78 is 5.38. The van der Waals surface area contributed by atoms with Crippen LogP contribution in [0, 0.1) is 19.4 Å². The predicted molar refractivity (Wildman–Crippen MR) is 136 cm³/mol. The molecule has 0 bridgehead atoms. The molecule has 2 N–H and O–H groups in total. The summed E-state index contributed by atoms with van der Waals surface area (Å²) in [4.78, 5) is 40.8. The Balaban J connectivity index is 2.48. The van der Waals surface area contributed by atoms with Gasteiger partial charge in [-0.1, -0.05) is 61.0 Å². The molecular weight excluding hydrogens is 442 g/mol. The maximum atomic E-state index is 13.8. The molecule has 3 amide bonds. The Bertz CT molecular complexity index is 1070. The Morgan fingerprint density at radius 2 is 1.60 bits per heavy atom. The highest BCUT2D eigenvalue weighted by atomic mass is 16.6. The van der Waals surface area contributed by atoms with Crippen LogP contribution in [-0.4, -0.2) is 40.5 Å². The summed E-state index contributed by atoms with van der Waals surface area (Å²) in [7, 11) is 0. The number of hydrogen-bond acceptors (Lipinski definition) is 4. The van der Waals surface area contributed by atoms with Crippen molar-refractivity contribution in [1.82, 2.24) is 15.5 Å². The van der Waals surface area contributed by atoms with Gasteiger partial charge < -0.3 is 15.4 Å². The van der Waals surface area contributed by atoms with E-state index in [1.54, 1.807) is 32.9 Å². The Hall–Kier alpha value is -3.79. The monoisotopic (exact) mass is 477 g/mol. The number of carbonyl (C=O) groups excluding carboxylic acids is 3. The molecule has 0 spiro atoms. The summed E-state index contributed by atoms with van der Waals surface area (Å²) in [5.74, 6) is -0.995. The van der Waals surface area contributed by atoms with Crippen LogP contribution in [0.3, 0.4) is 0 Å². The van der Waals surface area contributed by atoms with E-state index in [0.29, 0.717) is 5.56 Å². The Kier molecular flexibility index (Phi) is 9.47. The lowest BCUT2D eigenvalue weighted by atomic mass is 9.97. The highest BCUT2D eigenvalue weighted by molar-refractivity contribution is 5.93.